The number of allylic oxidation sites excluding steroid dienone is 11. The molecule has 0 aliphatic carbocycles. The van der Waals surface area contributed by atoms with Crippen molar-refractivity contribution in [1.29, 1.82) is 0 Å². The van der Waals surface area contributed by atoms with Crippen molar-refractivity contribution in [2.45, 2.75) is 128 Å². The van der Waals surface area contributed by atoms with Gasteiger partial charge in [-0.1, -0.05) is 106 Å². The molecule has 0 aromatic heterocycles. The van der Waals surface area contributed by atoms with E-state index in [0.717, 1.165) is 51.4 Å². The molecule has 47 heavy (non-hydrogen) atoms. The molecule has 0 aromatic carbocycles. The zero-order valence-corrected chi connectivity index (χ0v) is 28.2. The van der Waals surface area contributed by atoms with Gasteiger partial charge in [-0.05, 0) is 44.9 Å². The predicted molar refractivity (Wildman–Crippen MR) is 182 cm³/mol. The average Bonchev–Trinajstić information content (AvgIpc) is 3.06. The fourth-order valence-corrected chi connectivity index (χ4v) is 4.48. The summed E-state index contributed by atoms with van der Waals surface area (Å²) in [6, 6.07) is 0. The summed E-state index contributed by atoms with van der Waals surface area (Å²) in [6.45, 7) is 2.98. The van der Waals surface area contributed by atoms with Crippen LogP contribution in [0.3, 0.4) is 0 Å². The quantitative estimate of drug-likeness (QED) is 0.0438. The normalized spacial score (nSPS) is 22.9. The van der Waals surface area contributed by atoms with Gasteiger partial charge in [0.25, 0.3) is 0 Å². The Hall–Kier alpha value is -2.86. The highest BCUT2D eigenvalue weighted by molar-refractivity contribution is 5.71. The Bertz CT molecular complexity index is 997. The van der Waals surface area contributed by atoms with Crippen LogP contribution < -0.4 is 0 Å². The van der Waals surface area contributed by atoms with Crippen LogP contribution in [0.4, 0.5) is 0 Å². The first-order valence-corrected chi connectivity index (χ1v) is 17.0. The molecule has 6 atom stereocenters. The number of esters is 2. The van der Waals surface area contributed by atoms with Gasteiger partial charge in [0, 0.05) is 6.42 Å². The van der Waals surface area contributed by atoms with Gasteiger partial charge in [0.1, 0.15) is 31.0 Å². The zero-order chi connectivity index (χ0) is 34.5. The van der Waals surface area contributed by atoms with Crippen LogP contribution in [-0.2, 0) is 28.5 Å². The summed E-state index contributed by atoms with van der Waals surface area (Å²) in [5, 5.41) is 39.7. The number of rotatable bonds is 25. The van der Waals surface area contributed by atoms with Crippen LogP contribution in [0, 0.1) is 0 Å². The Labute approximate surface area is 281 Å². The standard InChI is InChI=1S/C37H58O10/c1-3-5-7-9-11-13-14-15-16-18-20-22-24-26-33(40)46-30(29-45-37-36(43)35(42)34(41)31(27-38)47-37)28-44-32(39)25-23-21-19-17-12-10-8-6-4-2/h5-9,11-14,17,21,23,30-31,34-38,41-43H,3-4,10,15-16,18-20,22,24-29H2,1-2H3/b7-5+,8-6+,11-9+,14-13+,17-12+,23-21+/t30?,31-,34+,35?,36?,37-/m1/s1. The summed E-state index contributed by atoms with van der Waals surface area (Å²) in [4.78, 5) is 24.9. The van der Waals surface area contributed by atoms with Crippen molar-refractivity contribution in [3.8, 4) is 0 Å². The van der Waals surface area contributed by atoms with Crippen molar-refractivity contribution < 1.29 is 49.0 Å². The van der Waals surface area contributed by atoms with Gasteiger partial charge in [-0.15, -0.1) is 0 Å². The molecule has 1 heterocycles. The minimum Gasteiger partial charge on any atom is -0.461 e. The Morgan fingerprint density at radius 1 is 0.702 bits per heavy atom. The highest BCUT2D eigenvalue weighted by atomic mass is 16.7. The second-order valence-electron chi connectivity index (χ2n) is 11.3. The average molecular weight is 663 g/mol. The first-order chi connectivity index (χ1) is 22.8. The lowest BCUT2D eigenvalue weighted by Crippen LogP contribution is -2.59. The highest BCUT2D eigenvalue weighted by Gasteiger charge is 2.44. The first kappa shape index (κ1) is 42.2. The maximum atomic E-state index is 12.6. The molecule has 1 saturated heterocycles. The number of hydrogen-bond donors (Lipinski definition) is 4. The Balaban J connectivity index is 2.52. The van der Waals surface area contributed by atoms with Crippen molar-refractivity contribution >= 4 is 11.9 Å². The molecule has 0 saturated carbocycles. The molecule has 1 aliphatic rings. The summed E-state index contributed by atoms with van der Waals surface area (Å²) >= 11 is 0. The van der Waals surface area contributed by atoms with Crippen LogP contribution in [0.25, 0.3) is 0 Å². The number of carbonyl (C=O) groups is 2. The minimum atomic E-state index is -1.61. The molecule has 0 aromatic rings. The monoisotopic (exact) mass is 662 g/mol. The lowest BCUT2D eigenvalue weighted by atomic mass is 9.99. The van der Waals surface area contributed by atoms with Gasteiger partial charge in [-0.25, -0.2) is 0 Å². The molecular weight excluding hydrogens is 604 g/mol. The summed E-state index contributed by atoms with van der Waals surface area (Å²) < 4.78 is 21.8. The number of carbonyl (C=O) groups excluding carboxylic acids is 2. The topological polar surface area (TPSA) is 152 Å². The zero-order valence-electron chi connectivity index (χ0n) is 28.2. The Morgan fingerprint density at radius 2 is 1.34 bits per heavy atom. The number of unbranched alkanes of at least 4 members (excludes halogenated alkanes) is 5. The lowest BCUT2D eigenvalue weighted by molar-refractivity contribution is -0.305. The third-order valence-corrected chi connectivity index (χ3v) is 7.18. The van der Waals surface area contributed by atoms with Crippen molar-refractivity contribution in [2.75, 3.05) is 19.8 Å². The van der Waals surface area contributed by atoms with E-state index in [4.69, 9.17) is 18.9 Å². The smallest absolute Gasteiger partial charge is 0.309 e. The van der Waals surface area contributed by atoms with Gasteiger partial charge < -0.3 is 39.4 Å². The molecule has 10 heteroatoms. The fourth-order valence-electron chi connectivity index (χ4n) is 4.48. The van der Waals surface area contributed by atoms with E-state index in [1.807, 2.05) is 30.4 Å². The SMILES string of the molecule is CC/C=C/C=C/C=C/CCCCCCCC(=O)OC(COC(=O)C/C=C/C/C=C/C/C=C/CC)CO[C@@H]1O[C@H](CO)[C@H](O)C(O)C1O. The van der Waals surface area contributed by atoms with Gasteiger partial charge >= 0.3 is 11.9 Å². The van der Waals surface area contributed by atoms with Gasteiger partial charge in [-0.2, -0.15) is 0 Å². The van der Waals surface area contributed by atoms with Crippen LogP contribution in [0.5, 0.6) is 0 Å². The maximum Gasteiger partial charge on any atom is 0.309 e. The third kappa shape index (κ3) is 20.9. The number of aliphatic hydroxyl groups is 4. The van der Waals surface area contributed by atoms with Crippen LogP contribution in [0.1, 0.15) is 90.9 Å². The van der Waals surface area contributed by atoms with E-state index in [2.05, 4.69) is 50.3 Å². The van der Waals surface area contributed by atoms with E-state index in [-0.39, 0.29) is 26.1 Å². The number of aliphatic hydroxyl groups excluding tert-OH is 4. The van der Waals surface area contributed by atoms with Crippen molar-refractivity contribution in [2.24, 2.45) is 0 Å². The Kier molecular flexibility index (Phi) is 25.3. The van der Waals surface area contributed by atoms with E-state index in [1.165, 1.54) is 0 Å². The number of ether oxygens (including phenoxy) is 4. The minimum absolute atomic E-state index is 0.0423. The van der Waals surface area contributed by atoms with Crippen LogP contribution in [-0.4, -0.2) is 89.0 Å². The maximum absolute atomic E-state index is 12.6. The number of hydrogen-bond acceptors (Lipinski definition) is 10. The van der Waals surface area contributed by atoms with Gasteiger partial charge in [0.15, 0.2) is 12.4 Å². The molecular formula is C37H58O10. The van der Waals surface area contributed by atoms with Crippen LogP contribution in [0.15, 0.2) is 72.9 Å². The first-order valence-electron chi connectivity index (χ1n) is 17.0. The molecule has 1 rings (SSSR count). The highest BCUT2D eigenvalue weighted by Crippen LogP contribution is 2.22. The largest absolute Gasteiger partial charge is 0.461 e. The third-order valence-electron chi connectivity index (χ3n) is 7.18. The van der Waals surface area contributed by atoms with Crippen LogP contribution in [0.2, 0.25) is 0 Å². The molecule has 0 bridgehead atoms. The molecule has 0 spiro atoms. The summed E-state index contributed by atoms with van der Waals surface area (Å²) in [5.74, 6) is -0.986. The molecule has 0 radical (unpaired) electrons. The molecule has 266 valence electrons. The van der Waals surface area contributed by atoms with Gasteiger partial charge in [0.2, 0.25) is 0 Å². The molecule has 10 nitrogen and oxygen atoms in total. The van der Waals surface area contributed by atoms with E-state index in [9.17, 15) is 30.0 Å². The molecule has 0 amide bonds. The van der Waals surface area contributed by atoms with Crippen molar-refractivity contribution in [3.05, 3.63) is 72.9 Å². The van der Waals surface area contributed by atoms with Crippen LogP contribution >= 0.6 is 0 Å². The van der Waals surface area contributed by atoms with E-state index < -0.39 is 55.4 Å². The van der Waals surface area contributed by atoms with Gasteiger partial charge in [-0.3, -0.25) is 9.59 Å². The molecule has 1 aliphatic heterocycles. The van der Waals surface area contributed by atoms with E-state index in [0.29, 0.717) is 12.8 Å². The second kappa shape index (κ2) is 28.2. The summed E-state index contributed by atoms with van der Waals surface area (Å²) in [7, 11) is 0. The predicted octanol–water partition coefficient (Wildman–Crippen LogP) is 5.32. The summed E-state index contributed by atoms with van der Waals surface area (Å²) in [6.07, 6.45) is 25.4. The second-order valence-corrected chi connectivity index (χ2v) is 11.3. The molecule has 4 N–H and O–H groups in total. The fraction of sp³-hybridized carbons (Fsp3) is 0.622. The molecule has 3 unspecified atom stereocenters. The van der Waals surface area contributed by atoms with Gasteiger partial charge in [0.05, 0.1) is 19.6 Å². The van der Waals surface area contributed by atoms with E-state index in [1.54, 1.807) is 6.08 Å². The Morgan fingerprint density at radius 3 is 2.04 bits per heavy atom. The van der Waals surface area contributed by atoms with Crippen molar-refractivity contribution in [1.82, 2.24) is 0 Å². The summed E-state index contributed by atoms with van der Waals surface area (Å²) in [5.41, 5.74) is 0. The lowest BCUT2D eigenvalue weighted by Gasteiger charge is -2.39. The molecule has 1 fully saturated rings. The van der Waals surface area contributed by atoms with E-state index >= 15 is 0 Å². The van der Waals surface area contributed by atoms with Crippen molar-refractivity contribution in [3.63, 3.8) is 0 Å².